The molecule has 1 amide bonds. The number of aliphatic hydroxyl groups is 2. The number of likely N-dealkylation sites (tertiary alicyclic amines) is 1. The molecule has 3 aromatic rings. The highest BCUT2D eigenvalue weighted by atomic mass is 19.1. The van der Waals surface area contributed by atoms with Crippen LogP contribution < -0.4 is 10.1 Å². The number of alkyl halides is 1. The summed E-state index contributed by atoms with van der Waals surface area (Å²) in [4.78, 5) is 21.6. The molecule has 12 heteroatoms. The third-order valence-electron chi connectivity index (χ3n) is 5.50. The zero-order valence-corrected chi connectivity index (χ0v) is 18.7. The summed E-state index contributed by atoms with van der Waals surface area (Å²) >= 11 is 0. The van der Waals surface area contributed by atoms with Gasteiger partial charge in [0.15, 0.2) is 12.0 Å². The number of anilines is 2. The van der Waals surface area contributed by atoms with E-state index in [1.165, 1.54) is 4.90 Å². The second-order valence-electron chi connectivity index (χ2n) is 7.89. The van der Waals surface area contributed by atoms with Crippen molar-refractivity contribution in [1.29, 1.82) is 5.26 Å². The van der Waals surface area contributed by atoms with Crippen LogP contribution in [0.2, 0.25) is 0 Å². The molecule has 1 aliphatic rings. The Balaban J connectivity index is 1.47. The van der Waals surface area contributed by atoms with Gasteiger partial charge >= 0.3 is 0 Å². The molecule has 0 spiro atoms. The summed E-state index contributed by atoms with van der Waals surface area (Å²) in [5.41, 5.74) is 1.47. The summed E-state index contributed by atoms with van der Waals surface area (Å²) in [5, 5.41) is 34.9. The zero-order valence-electron chi connectivity index (χ0n) is 18.7. The molecule has 0 aliphatic carbocycles. The van der Waals surface area contributed by atoms with E-state index in [1.54, 1.807) is 47.5 Å². The first-order valence-electron chi connectivity index (χ1n) is 11.0. The fourth-order valence-corrected chi connectivity index (χ4v) is 3.73. The number of nitrogens with one attached hydrogen (secondary N) is 1. The molecule has 35 heavy (non-hydrogen) atoms. The van der Waals surface area contributed by atoms with Gasteiger partial charge in [-0.2, -0.15) is 10.4 Å². The van der Waals surface area contributed by atoms with Crippen molar-refractivity contribution in [3.63, 3.8) is 0 Å². The number of benzene rings is 1. The van der Waals surface area contributed by atoms with Crippen LogP contribution in [0.1, 0.15) is 12.0 Å². The van der Waals surface area contributed by atoms with E-state index < -0.39 is 24.8 Å². The predicted octanol–water partition coefficient (Wildman–Crippen LogP) is 1.26. The Bertz CT molecular complexity index is 1230. The number of amides is 1. The first kappa shape index (κ1) is 24.1. The highest BCUT2D eigenvalue weighted by Gasteiger charge is 2.33. The lowest BCUT2D eigenvalue weighted by Gasteiger charge is -2.34. The van der Waals surface area contributed by atoms with Gasteiger partial charge in [0.2, 0.25) is 5.91 Å². The van der Waals surface area contributed by atoms with Crippen LogP contribution in [0.5, 0.6) is 5.75 Å². The Morgan fingerprint density at radius 3 is 2.94 bits per heavy atom. The molecule has 1 aliphatic heterocycles. The van der Waals surface area contributed by atoms with Crippen molar-refractivity contribution in [3.05, 3.63) is 48.4 Å². The van der Waals surface area contributed by atoms with Crippen LogP contribution in [0.15, 0.2) is 42.9 Å². The quantitative estimate of drug-likeness (QED) is 0.432. The third kappa shape index (κ3) is 5.71. The van der Waals surface area contributed by atoms with Gasteiger partial charge in [-0.25, -0.2) is 14.4 Å². The Labute approximate surface area is 200 Å². The van der Waals surface area contributed by atoms with Crippen LogP contribution in [0.3, 0.4) is 0 Å². The van der Waals surface area contributed by atoms with E-state index in [0.717, 1.165) is 0 Å². The number of halogens is 1. The maximum absolute atomic E-state index is 14.6. The van der Waals surface area contributed by atoms with Crippen molar-refractivity contribution in [3.8, 4) is 23.2 Å². The number of nitrogens with zero attached hydrogens (tertiary/aromatic N) is 6. The average molecular weight is 481 g/mol. The smallest absolute Gasteiger partial charge is 0.248 e. The van der Waals surface area contributed by atoms with Gasteiger partial charge in [0.05, 0.1) is 37.1 Å². The molecule has 182 valence electrons. The van der Waals surface area contributed by atoms with Crippen LogP contribution in [0.4, 0.5) is 15.9 Å². The number of carbonyl (C=O) groups is 1. The maximum Gasteiger partial charge on any atom is 0.248 e. The highest BCUT2D eigenvalue weighted by Crippen LogP contribution is 2.28. The molecular weight excluding hydrogens is 457 g/mol. The number of nitriles is 1. The minimum absolute atomic E-state index is 0.0196. The van der Waals surface area contributed by atoms with Crippen molar-refractivity contribution in [2.75, 3.05) is 31.6 Å². The zero-order chi connectivity index (χ0) is 24.8. The lowest BCUT2D eigenvalue weighted by Crippen LogP contribution is -2.50. The van der Waals surface area contributed by atoms with Gasteiger partial charge in [-0.1, -0.05) is 0 Å². The van der Waals surface area contributed by atoms with Gasteiger partial charge in [-0.15, -0.1) is 0 Å². The van der Waals surface area contributed by atoms with Gasteiger partial charge in [0, 0.05) is 30.9 Å². The van der Waals surface area contributed by atoms with Gasteiger partial charge in [0.25, 0.3) is 0 Å². The number of rotatable bonds is 8. The lowest BCUT2D eigenvalue weighted by molar-refractivity contribution is -0.138. The van der Waals surface area contributed by atoms with E-state index in [-0.39, 0.29) is 37.4 Å². The molecular formula is C23H24FN7O4. The maximum atomic E-state index is 14.6. The number of ether oxygens (including phenoxy) is 1. The standard InChI is InChI=1S/C23H24FN7O4/c24-18-13-30(22(34)14-33)6-4-20(18)35-19-2-1-15(9-16(19)10-25)23-26-5-3-21(29-23)28-17-11-27-31(12-17)7-8-32/h1-3,5,9,11-12,18,20,32-33H,4,6-8,13-14H2,(H,26,28,29)/t18-,20+/m1/s1. The SMILES string of the molecule is N#Cc1cc(-c2nccc(Nc3cnn(CCO)c3)n2)ccc1O[C@H]1CCN(C(=O)CO)C[C@H]1F. The summed E-state index contributed by atoms with van der Waals surface area (Å²) in [7, 11) is 0. The van der Waals surface area contributed by atoms with Crippen LogP contribution in [-0.4, -0.2) is 79.3 Å². The molecule has 1 fully saturated rings. The first-order chi connectivity index (χ1) is 17.0. The Morgan fingerprint density at radius 2 is 2.20 bits per heavy atom. The van der Waals surface area contributed by atoms with Crippen LogP contribution in [0, 0.1) is 11.3 Å². The van der Waals surface area contributed by atoms with Crippen molar-refractivity contribution >= 4 is 17.4 Å². The number of hydrogen-bond donors (Lipinski definition) is 3. The van der Waals surface area contributed by atoms with E-state index in [2.05, 4.69) is 26.5 Å². The number of carbonyl (C=O) groups excluding carboxylic acids is 1. The number of piperidine rings is 1. The Kier molecular flexibility index (Phi) is 7.49. The molecule has 2 atom stereocenters. The van der Waals surface area contributed by atoms with Crippen LogP contribution >= 0.6 is 0 Å². The fraction of sp³-hybridized carbons (Fsp3) is 0.348. The molecule has 1 saturated heterocycles. The molecule has 1 aromatic carbocycles. The van der Waals surface area contributed by atoms with Crippen LogP contribution in [0.25, 0.3) is 11.4 Å². The van der Waals surface area contributed by atoms with E-state index in [9.17, 15) is 14.4 Å². The molecule has 11 nitrogen and oxygen atoms in total. The topological polar surface area (TPSA) is 149 Å². The van der Waals surface area contributed by atoms with Crippen molar-refractivity contribution in [2.24, 2.45) is 0 Å². The second kappa shape index (κ2) is 10.9. The van der Waals surface area contributed by atoms with Crippen molar-refractivity contribution in [1.82, 2.24) is 24.6 Å². The normalized spacial score (nSPS) is 17.6. The molecule has 3 heterocycles. The van der Waals surface area contributed by atoms with E-state index in [4.69, 9.17) is 14.9 Å². The molecule has 3 N–H and O–H groups in total. The first-order valence-corrected chi connectivity index (χ1v) is 11.0. The van der Waals surface area contributed by atoms with Gasteiger partial charge in [0.1, 0.15) is 30.3 Å². The summed E-state index contributed by atoms with van der Waals surface area (Å²) < 4.78 is 22.0. The number of hydrogen-bond acceptors (Lipinski definition) is 9. The van der Waals surface area contributed by atoms with E-state index in [0.29, 0.717) is 29.4 Å². The minimum Gasteiger partial charge on any atom is -0.486 e. The van der Waals surface area contributed by atoms with E-state index in [1.807, 2.05) is 0 Å². The molecule has 2 aromatic heterocycles. The van der Waals surface area contributed by atoms with Gasteiger partial charge in [-0.05, 0) is 24.3 Å². The molecule has 0 unspecified atom stereocenters. The molecule has 4 rings (SSSR count). The van der Waals surface area contributed by atoms with Crippen molar-refractivity contribution in [2.45, 2.75) is 25.2 Å². The molecule has 0 bridgehead atoms. The van der Waals surface area contributed by atoms with Crippen molar-refractivity contribution < 1.29 is 24.1 Å². The lowest BCUT2D eigenvalue weighted by atomic mass is 10.0. The minimum atomic E-state index is -1.45. The number of aliphatic hydroxyl groups excluding tert-OH is 2. The third-order valence-corrected chi connectivity index (χ3v) is 5.50. The van der Waals surface area contributed by atoms with E-state index >= 15 is 0 Å². The summed E-state index contributed by atoms with van der Waals surface area (Å²) in [5.74, 6) is 0.599. The number of aromatic nitrogens is 4. The Hall–Kier alpha value is -4.08. The largest absolute Gasteiger partial charge is 0.486 e. The monoisotopic (exact) mass is 481 g/mol. The molecule has 0 radical (unpaired) electrons. The molecule has 0 saturated carbocycles. The summed E-state index contributed by atoms with van der Waals surface area (Å²) in [6, 6.07) is 8.59. The second-order valence-corrected chi connectivity index (χ2v) is 7.89. The van der Waals surface area contributed by atoms with Crippen LogP contribution in [-0.2, 0) is 11.3 Å². The summed E-state index contributed by atoms with van der Waals surface area (Å²) in [6.45, 7) is -0.211. The summed E-state index contributed by atoms with van der Waals surface area (Å²) in [6.07, 6.45) is 2.91. The Morgan fingerprint density at radius 1 is 1.34 bits per heavy atom. The highest BCUT2D eigenvalue weighted by molar-refractivity contribution is 5.77. The van der Waals surface area contributed by atoms with Gasteiger partial charge in [-0.3, -0.25) is 9.48 Å². The fourth-order valence-electron chi connectivity index (χ4n) is 3.73. The van der Waals surface area contributed by atoms with Gasteiger partial charge < -0.3 is 25.2 Å². The average Bonchev–Trinajstić information content (AvgIpc) is 3.32. The predicted molar refractivity (Wildman–Crippen MR) is 122 cm³/mol.